The van der Waals surface area contributed by atoms with Crippen molar-refractivity contribution >= 4 is 29.3 Å². The third kappa shape index (κ3) is 4.98. The van der Waals surface area contributed by atoms with Gasteiger partial charge in [0, 0.05) is 55.6 Å². The largest absolute Gasteiger partial charge is 0.447 e. The predicted octanol–water partition coefficient (Wildman–Crippen LogP) is 5.63. The molecule has 11 heteroatoms. The van der Waals surface area contributed by atoms with Gasteiger partial charge in [-0.3, -0.25) is 9.88 Å². The van der Waals surface area contributed by atoms with Gasteiger partial charge in [0.1, 0.15) is 6.04 Å². The number of benzene rings is 1. The fourth-order valence-corrected chi connectivity index (χ4v) is 5.36. The van der Waals surface area contributed by atoms with E-state index in [9.17, 15) is 10.3 Å². The number of fused-ring (bicyclic) bond motifs is 2. The van der Waals surface area contributed by atoms with Crippen LogP contribution in [0.25, 0.3) is 22.1 Å². The number of azide groups is 1. The number of amides is 1. The third-order valence-corrected chi connectivity index (χ3v) is 7.17. The van der Waals surface area contributed by atoms with Gasteiger partial charge in [-0.05, 0) is 65.9 Å². The number of nitrogens with zero attached hydrogens (tertiary/aromatic N) is 8. The van der Waals surface area contributed by atoms with Crippen LogP contribution in [0.3, 0.4) is 0 Å². The van der Waals surface area contributed by atoms with Gasteiger partial charge in [-0.2, -0.15) is 0 Å². The van der Waals surface area contributed by atoms with Crippen molar-refractivity contribution in [2.45, 2.75) is 32.0 Å². The van der Waals surface area contributed by atoms with E-state index in [-0.39, 0.29) is 18.2 Å². The Morgan fingerprint density at radius 2 is 2.03 bits per heavy atom. The normalized spacial score (nSPS) is 18.1. The number of rotatable bonds is 5. The molecule has 38 heavy (non-hydrogen) atoms. The molecule has 2 atom stereocenters. The van der Waals surface area contributed by atoms with E-state index in [1.165, 1.54) is 0 Å². The molecule has 1 aromatic carbocycles. The summed E-state index contributed by atoms with van der Waals surface area (Å²) in [5, 5.41) is 4.78. The lowest BCUT2D eigenvalue weighted by molar-refractivity contribution is 0.0513. The van der Waals surface area contributed by atoms with Crippen LogP contribution in [0.2, 0.25) is 5.02 Å². The number of hydrogen-bond donors (Lipinski definition) is 0. The van der Waals surface area contributed by atoms with Crippen LogP contribution in [0.4, 0.5) is 4.79 Å². The molecule has 1 amide bonds. The second kappa shape index (κ2) is 10.9. The topological polar surface area (TPSA) is 112 Å². The molecule has 0 radical (unpaired) electrons. The van der Waals surface area contributed by atoms with E-state index in [0.717, 1.165) is 33.7 Å². The van der Waals surface area contributed by atoms with Crippen LogP contribution in [0.15, 0.2) is 54.2 Å². The molecule has 2 aromatic heterocycles. The number of piperazine rings is 1. The predicted molar refractivity (Wildman–Crippen MR) is 145 cm³/mol. The first-order valence-corrected chi connectivity index (χ1v) is 12.9. The summed E-state index contributed by atoms with van der Waals surface area (Å²) in [6.45, 7) is 6.08. The first-order valence-electron chi connectivity index (χ1n) is 12.5. The highest BCUT2D eigenvalue weighted by molar-refractivity contribution is 6.30. The fraction of sp³-hybridized carbons (Fsp3) is 0.370. The molecule has 3 heterocycles. The monoisotopic (exact) mass is 532 g/mol. The Morgan fingerprint density at radius 1 is 1.24 bits per heavy atom. The smallest absolute Gasteiger partial charge is 0.410 e. The van der Waals surface area contributed by atoms with Crippen molar-refractivity contribution in [3.8, 4) is 0 Å². The molecule has 0 saturated carbocycles. The van der Waals surface area contributed by atoms with E-state index in [4.69, 9.17) is 21.3 Å². The number of pyridine rings is 1. The SMILES string of the molecule is CC(C)OC(=O)N1CCN([C@H]2c3ccc(Cl)cc3C(C(N=[N+]=[N-])c3cncn3C)=Cc3cccnc32)CC1. The van der Waals surface area contributed by atoms with Gasteiger partial charge in [0.15, 0.2) is 0 Å². The molecular formula is C27H29ClN8O2. The first-order chi connectivity index (χ1) is 18.4. The summed E-state index contributed by atoms with van der Waals surface area (Å²) in [4.78, 5) is 28.8. The second-order valence-electron chi connectivity index (χ2n) is 9.70. The first kappa shape index (κ1) is 25.8. The summed E-state index contributed by atoms with van der Waals surface area (Å²) in [5.74, 6) is 0. The van der Waals surface area contributed by atoms with Crippen molar-refractivity contribution in [1.82, 2.24) is 24.3 Å². The van der Waals surface area contributed by atoms with E-state index in [1.54, 1.807) is 23.6 Å². The van der Waals surface area contributed by atoms with Gasteiger partial charge in [0.25, 0.3) is 0 Å². The highest BCUT2D eigenvalue weighted by Crippen LogP contribution is 2.45. The Hall–Kier alpha value is -3.85. The number of carbonyl (C=O) groups is 1. The lowest BCUT2D eigenvalue weighted by Gasteiger charge is -2.39. The fourth-order valence-electron chi connectivity index (χ4n) is 5.19. The quantitative estimate of drug-likeness (QED) is 0.240. The van der Waals surface area contributed by atoms with Crippen molar-refractivity contribution in [3.05, 3.63) is 92.6 Å². The summed E-state index contributed by atoms with van der Waals surface area (Å²) >= 11 is 6.54. The van der Waals surface area contributed by atoms with Crippen molar-refractivity contribution in [1.29, 1.82) is 0 Å². The number of halogens is 1. The Morgan fingerprint density at radius 3 is 2.71 bits per heavy atom. The molecule has 0 N–H and O–H groups in total. The van der Waals surface area contributed by atoms with E-state index >= 15 is 0 Å². The zero-order valence-electron chi connectivity index (χ0n) is 21.5. The average molecular weight is 533 g/mol. The van der Waals surface area contributed by atoms with Gasteiger partial charge >= 0.3 is 6.09 Å². The molecule has 1 saturated heterocycles. The number of carbonyl (C=O) groups excluding carboxylic acids is 1. The maximum Gasteiger partial charge on any atom is 0.410 e. The van der Waals surface area contributed by atoms with Gasteiger partial charge in [-0.1, -0.05) is 28.8 Å². The highest BCUT2D eigenvalue weighted by Gasteiger charge is 2.35. The zero-order valence-corrected chi connectivity index (χ0v) is 22.3. The van der Waals surface area contributed by atoms with Crippen LogP contribution in [0.5, 0.6) is 0 Å². The van der Waals surface area contributed by atoms with E-state index in [2.05, 4.69) is 19.9 Å². The van der Waals surface area contributed by atoms with Crippen LogP contribution < -0.4 is 0 Å². The van der Waals surface area contributed by atoms with E-state index in [0.29, 0.717) is 31.2 Å². The molecule has 0 bridgehead atoms. The van der Waals surface area contributed by atoms with Gasteiger partial charge in [-0.15, -0.1) is 0 Å². The number of hydrogen-bond acceptors (Lipinski definition) is 6. The molecule has 2 aliphatic rings. The lowest BCUT2D eigenvalue weighted by Crippen LogP contribution is -2.50. The maximum absolute atomic E-state index is 12.5. The molecule has 0 spiro atoms. The van der Waals surface area contributed by atoms with Gasteiger partial charge in [-0.25, -0.2) is 9.78 Å². The minimum absolute atomic E-state index is 0.164. The standard InChI is InChI=1S/C27H29ClN8O2/c1-17(2)38-27(37)36-11-9-35(10-12-36)26-20-7-6-19(28)14-21(20)22(13-18-5-4-8-31-24(18)26)25(32-33-29)23-15-30-16-34(23)3/h4-8,13-17,25-26H,9-12H2,1-3H3/t25?,26-/m0/s1. The lowest BCUT2D eigenvalue weighted by atomic mass is 9.90. The minimum Gasteiger partial charge on any atom is -0.447 e. The van der Waals surface area contributed by atoms with Gasteiger partial charge in [0.2, 0.25) is 0 Å². The number of aryl methyl sites for hydroxylation is 1. The van der Waals surface area contributed by atoms with Crippen molar-refractivity contribution in [2.24, 2.45) is 12.2 Å². The Balaban J connectivity index is 1.60. The molecule has 1 aliphatic carbocycles. The summed E-state index contributed by atoms with van der Waals surface area (Å²) in [6.07, 6.45) is 6.79. The summed E-state index contributed by atoms with van der Waals surface area (Å²) in [7, 11) is 1.88. The van der Waals surface area contributed by atoms with Crippen LogP contribution in [-0.4, -0.2) is 62.7 Å². The highest BCUT2D eigenvalue weighted by atomic mass is 35.5. The second-order valence-corrected chi connectivity index (χ2v) is 10.1. The van der Waals surface area contributed by atoms with Crippen LogP contribution in [0, 0.1) is 0 Å². The Labute approximate surface area is 226 Å². The van der Waals surface area contributed by atoms with Crippen LogP contribution in [-0.2, 0) is 11.8 Å². The molecule has 1 fully saturated rings. The molecule has 1 aliphatic heterocycles. The molecule has 1 unspecified atom stereocenters. The summed E-state index contributed by atoms with van der Waals surface area (Å²) < 4.78 is 7.26. The summed E-state index contributed by atoms with van der Waals surface area (Å²) in [5.41, 5.74) is 14.8. The van der Waals surface area contributed by atoms with Crippen molar-refractivity contribution < 1.29 is 9.53 Å². The number of imidazole rings is 1. The minimum atomic E-state index is -0.626. The van der Waals surface area contributed by atoms with E-state index in [1.807, 2.05) is 61.9 Å². The molecule has 5 rings (SSSR count). The Kier molecular flexibility index (Phi) is 7.37. The van der Waals surface area contributed by atoms with Gasteiger partial charge < -0.3 is 14.2 Å². The number of ether oxygens (including phenoxy) is 1. The zero-order chi connectivity index (χ0) is 26.8. The van der Waals surface area contributed by atoms with Gasteiger partial charge in [0.05, 0.1) is 29.9 Å². The van der Waals surface area contributed by atoms with E-state index < -0.39 is 6.04 Å². The van der Waals surface area contributed by atoms with Crippen LogP contribution in [0.1, 0.15) is 54.0 Å². The Bertz CT molecular complexity index is 1420. The molecule has 10 nitrogen and oxygen atoms in total. The van der Waals surface area contributed by atoms with Crippen LogP contribution >= 0.6 is 11.6 Å². The molecule has 3 aromatic rings. The number of aromatic nitrogens is 3. The summed E-state index contributed by atoms with van der Waals surface area (Å²) in [6, 6.07) is 8.94. The molecular weight excluding hydrogens is 504 g/mol. The van der Waals surface area contributed by atoms with Crippen molar-refractivity contribution in [3.63, 3.8) is 0 Å². The average Bonchev–Trinajstić information content (AvgIpc) is 3.27. The van der Waals surface area contributed by atoms with Crippen molar-refractivity contribution in [2.75, 3.05) is 26.2 Å². The maximum atomic E-state index is 12.5. The molecule has 196 valence electrons. The third-order valence-electron chi connectivity index (χ3n) is 6.93.